The van der Waals surface area contributed by atoms with E-state index in [9.17, 15) is 0 Å². The first-order chi connectivity index (χ1) is 10.3. The Morgan fingerprint density at radius 2 is 1.86 bits per heavy atom. The van der Waals surface area contributed by atoms with E-state index < -0.39 is 0 Å². The Morgan fingerprint density at radius 3 is 2.62 bits per heavy atom. The van der Waals surface area contributed by atoms with E-state index in [2.05, 4.69) is 9.88 Å². The van der Waals surface area contributed by atoms with Crippen molar-refractivity contribution in [2.45, 2.75) is 38.6 Å². The Morgan fingerprint density at radius 1 is 1.10 bits per heavy atom. The predicted molar refractivity (Wildman–Crippen MR) is 85.3 cm³/mol. The third-order valence-corrected chi connectivity index (χ3v) is 4.21. The number of aromatic nitrogens is 1. The Balaban J connectivity index is 1.67. The van der Waals surface area contributed by atoms with E-state index in [1.807, 2.05) is 24.3 Å². The number of halogens is 1. The first kappa shape index (κ1) is 14.6. The van der Waals surface area contributed by atoms with Crippen molar-refractivity contribution >= 4 is 11.6 Å². The van der Waals surface area contributed by atoms with Gasteiger partial charge in [0.1, 0.15) is 0 Å². The monoisotopic (exact) mass is 304 g/mol. The molecule has 0 saturated carbocycles. The molecule has 4 heteroatoms. The molecular formula is C17H21ClN2O. The lowest BCUT2D eigenvalue weighted by Crippen LogP contribution is -2.26. The maximum Gasteiger partial charge on any atom is 0.209 e. The molecule has 3 rings (SSSR count). The molecule has 0 bridgehead atoms. The zero-order valence-electron chi connectivity index (χ0n) is 12.2. The SMILES string of the molecule is Clc1cccc(-c2cnc(CN3CCCCCCC3)o2)c1. The van der Waals surface area contributed by atoms with Crippen LogP contribution in [0.5, 0.6) is 0 Å². The van der Waals surface area contributed by atoms with Crippen molar-refractivity contribution in [1.82, 2.24) is 9.88 Å². The highest BCUT2D eigenvalue weighted by Gasteiger charge is 2.13. The summed E-state index contributed by atoms with van der Waals surface area (Å²) in [6.45, 7) is 3.10. The van der Waals surface area contributed by atoms with Gasteiger partial charge in [0.2, 0.25) is 5.89 Å². The van der Waals surface area contributed by atoms with Gasteiger partial charge >= 0.3 is 0 Å². The van der Waals surface area contributed by atoms with Crippen molar-refractivity contribution in [3.8, 4) is 11.3 Å². The third kappa shape index (κ3) is 4.08. The number of nitrogens with zero attached hydrogens (tertiary/aromatic N) is 2. The molecule has 3 nitrogen and oxygen atoms in total. The molecule has 0 N–H and O–H groups in total. The fourth-order valence-corrected chi connectivity index (χ4v) is 3.01. The van der Waals surface area contributed by atoms with Crippen LogP contribution in [0, 0.1) is 0 Å². The summed E-state index contributed by atoms with van der Waals surface area (Å²) in [7, 11) is 0. The Labute approximate surface area is 130 Å². The standard InChI is InChI=1S/C17H21ClN2O/c18-15-8-6-7-14(11-15)16-12-19-17(21-16)13-20-9-4-2-1-3-5-10-20/h6-8,11-12H,1-5,9-10,13H2. The normalized spacial score (nSPS) is 17.4. The largest absolute Gasteiger partial charge is 0.439 e. The van der Waals surface area contributed by atoms with Crippen LogP contribution in [0.4, 0.5) is 0 Å². The summed E-state index contributed by atoms with van der Waals surface area (Å²) in [6, 6.07) is 7.69. The lowest BCUT2D eigenvalue weighted by molar-refractivity contribution is 0.219. The summed E-state index contributed by atoms with van der Waals surface area (Å²) in [6.07, 6.45) is 8.42. The van der Waals surface area contributed by atoms with Crippen LogP contribution in [0.25, 0.3) is 11.3 Å². The van der Waals surface area contributed by atoms with Crippen molar-refractivity contribution in [1.29, 1.82) is 0 Å². The van der Waals surface area contributed by atoms with Crippen LogP contribution in [0.1, 0.15) is 38.0 Å². The molecule has 0 radical (unpaired) electrons. The summed E-state index contributed by atoms with van der Waals surface area (Å²) in [4.78, 5) is 6.87. The summed E-state index contributed by atoms with van der Waals surface area (Å²) in [5.74, 6) is 1.59. The fourth-order valence-electron chi connectivity index (χ4n) is 2.82. The maximum absolute atomic E-state index is 6.02. The highest BCUT2D eigenvalue weighted by atomic mass is 35.5. The lowest BCUT2D eigenvalue weighted by atomic mass is 10.1. The van der Waals surface area contributed by atoms with Gasteiger partial charge in [-0.05, 0) is 38.1 Å². The van der Waals surface area contributed by atoms with Gasteiger partial charge in [-0.2, -0.15) is 0 Å². The second-order valence-corrected chi connectivity index (χ2v) is 6.11. The van der Waals surface area contributed by atoms with Gasteiger partial charge in [-0.15, -0.1) is 0 Å². The highest BCUT2D eigenvalue weighted by molar-refractivity contribution is 6.30. The summed E-state index contributed by atoms with van der Waals surface area (Å²) in [5.41, 5.74) is 0.980. The molecule has 1 aromatic carbocycles. The minimum atomic E-state index is 0.717. The molecule has 1 saturated heterocycles. The van der Waals surface area contributed by atoms with Crippen molar-refractivity contribution in [2.24, 2.45) is 0 Å². The van der Waals surface area contributed by atoms with E-state index >= 15 is 0 Å². The van der Waals surface area contributed by atoms with Gasteiger partial charge in [0.05, 0.1) is 12.7 Å². The number of hydrogen-bond donors (Lipinski definition) is 0. The Hall–Kier alpha value is -1.32. The quantitative estimate of drug-likeness (QED) is 0.818. The molecule has 1 aromatic heterocycles. The molecule has 2 aromatic rings. The zero-order chi connectivity index (χ0) is 14.5. The molecule has 0 amide bonds. The topological polar surface area (TPSA) is 29.3 Å². The van der Waals surface area contributed by atoms with Crippen LogP contribution >= 0.6 is 11.6 Å². The number of likely N-dealkylation sites (tertiary alicyclic amines) is 1. The van der Waals surface area contributed by atoms with Crippen molar-refractivity contribution in [3.05, 3.63) is 41.4 Å². The number of oxazole rings is 1. The molecule has 21 heavy (non-hydrogen) atoms. The van der Waals surface area contributed by atoms with Crippen molar-refractivity contribution in [2.75, 3.05) is 13.1 Å². The van der Waals surface area contributed by atoms with Crippen LogP contribution in [-0.2, 0) is 6.54 Å². The predicted octanol–water partition coefficient (Wildman–Crippen LogP) is 4.76. The molecule has 0 atom stereocenters. The second-order valence-electron chi connectivity index (χ2n) is 5.67. The highest BCUT2D eigenvalue weighted by Crippen LogP contribution is 2.24. The van der Waals surface area contributed by atoms with Crippen LogP contribution in [-0.4, -0.2) is 23.0 Å². The maximum atomic E-state index is 6.02. The molecule has 0 aliphatic carbocycles. The fraction of sp³-hybridized carbons (Fsp3) is 0.471. The third-order valence-electron chi connectivity index (χ3n) is 3.97. The van der Waals surface area contributed by atoms with E-state index in [0.29, 0.717) is 5.02 Å². The van der Waals surface area contributed by atoms with Crippen LogP contribution < -0.4 is 0 Å². The van der Waals surface area contributed by atoms with E-state index in [0.717, 1.165) is 36.8 Å². The van der Waals surface area contributed by atoms with Gasteiger partial charge in [-0.25, -0.2) is 4.98 Å². The summed E-state index contributed by atoms with van der Waals surface area (Å²) in [5, 5.41) is 0.717. The molecular weight excluding hydrogens is 284 g/mol. The van der Waals surface area contributed by atoms with Crippen molar-refractivity contribution in [3.63, 3.8) is 0 Å². The molecule has 2 heterocycles. The number of benzene rings is 1. The molecule has 1 aliphatic rings. The van der Waals surface area contributed by atoms with Gasteiger partial charge in [0.15, 0.2) is 5.76 Å². The molecule has 1 fully saturated rings. The Bertz CT molecular complexity index is 574. The average Bonchev–Trinajstić information content (AvgIpc) is 2.90. The number of hydrogen-bond acceptors (Lipinski definition) is 3. The molecule has 112 valence electrons. The Kier molecular flexibility index (Phi) is 4.94. The van der Waals surface area contributed by atoms with E-state index in [1.54, 1.807) is 6.20 Å². The van der Waals surface area contributed by atoms with Gasteiger partial charge in [-0.3, -0.25) is 4.90 Å². The minimum Gasteiger partial charge on any atom is -0.439 e. The first-order valence-electron chi connectivity index (χ1n) is 7.74. The average molecular weight is 305 g/mol. The van der Waals surface area contributed by atoms with Crippen LogP contribution in [0.3, 0.4) is 0 Å². The summed E-state index contributed by atoms with van der Waals surface area (Å²) >= 11 is 6.02. The molecule has 0 unspecified atom stereocenters. The summed E-state index contributed by atoms with van der Waals surface area (Å²) < 4.78 is 5.89. The van der Waals surface area contributed by atoms with Crippen LogP contribution in [0.2, 0.25) is 5.02 Å². The van der Waals surface area contributed by atoms with Crippen LogP contribution in [0.15, 0.2) is 34.9 Å². The van der Waals surface area contributed by atoms with Gasteiger partial charge < -0.3 is 4.42 Å². The van der Waals surface area contributed by atoms with Gasteiger partial charge in [0, 0.05) is 10.6 Å². The van der Waals surface area contributed by atoms with E-state index in [4.69, 9.17) is 16.0 Å². The first-order valence-corrected chi connectivity index (χ1v) is 8.12. The van der Waals surface area contributed by atoms with Crippen molar-refractivity contribution < 1.29 is 4.42 Å². The second kappa shape index (κ2) is 7.10. The molecule has 1 aliphatic heterocycles. The smallest absolute Gasteiger partial charge is 0.209 e. The lowest BCUT2D eigenvalue weighted by Gasteiger charge is -2.22. The zero-order valence-corrected chi connectivity index (χ0v) is 13.0. The van der Waals surface area contributed by atoms with Gasteiger partial charge in [0.25, 0.3) is 0 Å². The minimum absolute atomic E-state index is 0.717. The van der Waals surface area contributed by atoms with E-state index in [-0.39, 0.29) is 0 Å². The van der Waals surface area contributed by atoms with Gasteiger partial charge in [-0.1, -0.05) is 43.0 Å². The molecule has 0 spiro atoms. The number of rotatable bonds is 3. The van der Waals surface area contributed by atoms with E-state index in [1.165, 1.54) is 32.1 Å².